The number of para-hydroxylation sites is 2. The van der Waals surface area contributed by atoms with Crippen LogP contribution in [0.3, 0.4) is 0 Å². The molecule has 7 heteroatoms. The van der Waals surface area contributed by atoms with E-state index in [1.54, 1.807) is 0 Å². The zero-order valence-electron chi connectivity index (χ0n) is 80.5. The number of fused-ring (bicyclic) bond motifs is 16. The van der Waals surface area contributed by atoms with E-state index in [-0.39, 0.29) is 33.9 Å². The fraction of sp³-hybridized carbons (Fsp3) is 0.164. The number of thiophene rings is 2. The summed E-state index contributed by atoms with van der Waals surface area (Å²) < 4.78 is 67.3. The summed E-state index contributed by atoms with van der Waals surface area (Å²) in [6.45, 7) is 34.3. The molecule has 0 radical (unpaired) electrons. The molecular weight excluding hydrogens is 1600 g/mol. The molecule has 129 heavy (non-hydrogen) atoms. The Bertz CT molecular complexity index is 8230. The van der Waals surface area contributed by atoms with Gasteiger partial charge in [-0.3, -0.25) is 0 Å². The van der Waals surface area contributed by atoms with Crippen molar-refractivity contribution in [3.63, 3.8) is 0 Å². The van der Waals surface area contributed by atoms with Gasteiger partial charge in [-0.1, -0.05) is 340 Å². The average Bonchev–Trinajstić information content (AvgIpc) is 0.769. The van der Waals surface area contributed by atoms with Gasteiger partial charge in [-0.15, -0.1) is 22.7 Å². The summed E-state index contributed by atoms with van der Waals surface area (Å²) in [5.74, 6) is 0. The highest BCUT2D eigenvalue weighted by atomic mass is 32.1. The van der Waals surface area contributed by atoms with Crippen molar-refractivity contribution in [2.24, 2.45) is 0 Å². The standard InChI is InChI=1S/C122H101BN2O2S2/c1-118(2,3)80-59-76(73-36-20-17-21-37-73)58-77(60-80)79-65-101-115-102(66-79)125(117-93(85-42-30-48-105-111(85)89-38-22-26-46-103(89)126-105)68-83(121(10,11)12)69-94(117)86-43-31-49-106-112(86)90-39-23-27-47-104(90)127-106)100-64-75(78-61-81(119(4,5)6)67-82(62-78)120(7,8)9)54-56-97(100)123(115)98-63-74(72-34-18-16-19-35-72)55-57-99(98)124(101)116-95(87-44-32-52-109-113(87)91-40-24-28-50-107(91)128-109)70-84(122(13,14)15)71-96(116)88-45-33-53-110-114(88)92-41-25-29-51-108(92)129-110/h16-71H,1-15H3/i16D,18D,19D,34D,35D. The molecule has 23 rings (SSSR count). The van der Waals surface area contributed by atoms with Crippen LogP contribution in [0.15, 0.2) is 348 Å². The van der Waals surface area contributed by atoms with Crippen LogP contribution >= 0.6 is 22.7 Å². The smallest absolute Gasteiger partial charge is 0.252 e. The maximum Gasteiger partial charge on any atom is 0.252 e. The molecule has 0 saturated heterocycles. The maximum atomic E-state index is 10.1. The first kappa shape index (κ1) is 74.5. The summed E-state index contributed by atoms with van der Waals surface area (Å²) in [7, 11) is 0. The van der Waals surface area contributed by atoms with Crippen LogP contribution in [0.2, 0.25) is 0 Å². The molecule has 0 N–H and O–H groups in total. The van der Waals surface area contributed by atoms with E-state index in [4.69, 9.17) is 10.2 Å². The second-order valence-corrected chi connectivity index (χ2v) is 42.9. The molecule has 0 unspecified atom stereocenters. The molecule has 0 atom stereocenters. The Morgan fingerprint density at radius 2 is 0.612 bits per heavy atom. The fourth-order valence-corrected chi connectivity index (χ4v) is 22.8. The third-order valence-corrected chi connectivity index (χ3v) is 29.5. The second-order valence-electron chi connectivity index (χ2n) is 40.7. The first-order valence-corrected chi connectivity index (χ1v) is 46.8. The lowest BCUT2D eigenvalue weighted by Crippen LogP contribution is -2.61. The van der Waals surface area contributed by atoms with Crippen molar-refractivity contribution in [3.05, 3.63) is 367 Å². The lowest BCUT2D eigenvalue weighted by atomic mass is 9.33. The van der Waals surface area contributed by atoms with Crippen LogP contribution in [0.4, 0.5) is 34.1 Å². The zero-order chi connectivity index (χ0) is 92.6. The van der Waals surface area contributed by atoms with E-state index in [1.807, 2.05) is 28.7 Å². The molecule has 0 amide bonds. The fourth-order valence-electron chi connectivity index (χ4n) is 20.5. The molecule has 17 aromatic carbocycles. The van der Waals surface area contributed by atoms with Crippen molar-refractivity contribution in [2.45, 2.75) is 131 Å². The number of furan rings is 2. The SMILES string of the molecule is [2H]c1c([2H])c([2H])c(-c2ccc3c(c2)B2c4ccc(-c5cc(C(C)(C)C)cc(C(C)(C)C)c5)cc4N(c4c(-c5cccc6oc7ccccc7c56)cc(C(C)(C)C)cc4-c4cccc5oc6ccccc6c45)c4cc(-c5cc(-c6ccccc6)cc(C(C)(C)C)c5)cc(c42)N3c2c(-c3cccc4sc5ccccc5c34)cc(C(C)(C)C)cc2-c2cccc3sc4ccccc4c23)c([2H])c1[2H]. The quantitative estimate of drug-likeness (QED) is 0.128. The maximum absolute atomic E-state index is 10.1. The minimum absolute atomic E-state index is 0.124. The molecule has 4 nitrogen and oxygen atoms in total. The molecular formula is C122H101BN2O2S2. The summed E-state index contributed by atoms with van der Waals surface area (Å²) in [6, 6.07) is 114. The van der Waals surface area contributed by atoms with Crippen LogP contribution in [0.5, 0.6) is 0 Å². The number of benzene rings is 17. The average molecular weight is 1710 g/mol. The van der Waals surface area contributed by atoms with Crippen LogP contribution < -0.4 is 26.2 Å². The van der Waals surface area contributed by atoms with E-state index in [1.165, 1.54) is 57.0 Å². The van der Waals surface area contributed by atoms with Gasteiger partial charge in [0.05, 0.1) is 18.2 Å². The molecule has 21 aromatic rings. The molecule has 4 aromatic heterocycles. The molecule has 0 saturated carbocycles. The second kappa shape index (κ2) is 29.5. The van der Waals surface area contributed by atoms with Crippen molar-refractivity contribution < 1.29 is 15.7 Å². The van der Waals surface area contributed by atoms with Gasteiger partial charge in [0.25, 0.3) is 6.71 Å². The monoisotopic (exact) mass is 1710 g/mol. The van der Waals surface area contributed by atoms with Gasteiger partial charge in [-0.25, -0.2) is 0 Å². The highest BCUT2D eigenvalue weighted by Gasteiger charge is 2.47. The van der Waals surface area contributed by atoms with Gasteiger partial charge in [0.1, 0.15) is 22.3 Å². The van der Waals surface area contributed by atoms with Crippen molar-refractivity contribution in [1.29, 1.82) is 0 Å². The van der Waals surface area contributed by atoms with Crippen LogP contribution in [0.1, 0.15) is 139 Å². The van der Waals surface area contributed by atoms with Crippen molar-refractivity contribution in [3.8, 4) is 89.0 Å². The minimum atomic E-state index is -0.644. The van der Waals surface area contributed by atoms with Crippen LogP contribution in [0.25, 0.3) is 173 Å². The number of hydrogen-bond acceptors (Lipinski definition) is 6. The predicted molar refractivity (Wildman–Crippen MR) is 558 cm³/mol. The molecule has 0 spiro atoms. The molecule has 6 heterocycles. The first-order chi connectivity index (χ1) is 64.2. The highest BCUT2D eigenvalue weighted by Crippen LogP contribution is 2.60. The van der Waals surface area contributed by atoms with Crippen molar-refractivity contribution in [1.82, 2.24) is 0 Å². The van der Waals surface area contributed by atoms with Gasteiger partial charge in [-0.2, -0.15) is 0 Å². The zero-order valence-corrected chi connectivity index (χ0v) is 77.2. The van der Waals surface area contributed by atoms with Crippen LogP contribution in [0, 0.1) is 0 Å². The first-order valence-electron chi connectivity index (χ1n) is 47.7. The Labute approximate surface area is 771 Å². The van der Waals surface area contributed by atoms with E-state index in [9.17, 15) is 5.48 Å². The van der Waals surface area contributed by atoms with Crippen LogP contribution in [-0.4, -0.2) is 6.71 Å². The van der Waals surface area contributed by atoms with E-state index in [2.05, 4.69) is 417 Å². The van der Waals surface area contributed by atoms with Gasteiger partial charge in [0.15, 0.2) is 0 Å². The number of rotatable bonds is 10. The highest BCUT2D eigenvalue weighted by molar-refractivity contribution is 7.26. The van der Waals surface area contributed by atoms with E-state index < -0.39 is 35.7 Å². The van der Waals surface area contributed by atoms with Crippen LogP contribution in [-0.2, 0) is 27.1 Å². The molecule has 0 aliphatic carbocycles. The summed E-state index contributed by atoms with van der Waals surface area (Å²) in [4.78, 5) is 5.32. The lowest BCUT2D eigenvalue weighted by molar-refractivity contribution is 0.569. The summed E-state index contributed by atoms with van der Waals surface area (Å²) in [5.41, 5.74) is 31.0. The van der Waals surface area contributed by atoms with Gasteiger partial charge >= 0.3 is 0 Å². The Morgan fingerprint density at radius 3 is 1.10 bits per heavy atom. The van der Waals surface area contributed by atoms with Gasteiger partial charge in [0.2, 0.25) is 0 Å². The summed E-state index contributed by atoms with van der Waals surface area (Å²) in [6.07, 6.45) is 0. The topological polar surface area (TPSA) is 32.8 Å². The Hall–Kier alpha value is -13.6. The van der Waals surface area contributed by atoms with Crippen molar-refractivity contribution >= 4 is 164 Å². The predicted octanol–water partition coefficient (Wildman–Crippen LogP) is 34.1. The Balaban J connectivity index is 0.974. The number of anilines is 6. The minimum Gasteiger partial charge on any atom is -0.456 e. The molecule has 626 valence electrons. The number of hydrogen-bond donors (Lipinski definition) is 0. The molecule has 2 aliphatic heterocycles. The van der Waals surface area contributed by atoms with Gasteiger partial charge < -0.3 is 18.6 Å². The Kier molecular flexibility index (Phi) is 17.0. The molecule has 0 bridgehead atoms. The van der Waals surface area contributed by atoms with E-state index in [0.29, 0.717) is 5.56 Å². The summed E-state index contributed by atoms with van der Waals surface area (Å²) >= 11 is 3.65. The largest absolute Gasteiger partial charge is 0.456 e. The van der Waals surface area contributed by atoms with E-state index >= 15 is 0 Å². The van der Waals surface area contributed by atoms with Gasteiger partial charge in [0, 0.05) is 107 Å². The lowest BCUT2D eigenvalue weighted by Gasteiger charge is -2.46. The Morgan fingerprint density at radius 1 is 0.248 bits per heavy atom. The van der Waals surface area contributed by atoms with E-state index in [0.717, 1.165) is 183 Å². The summed E-state index contributed by atoms with van der Waals surface area (Å²) in [5, 5.41) is 8.67. The third-order valence-electron chi connectivity index (χ3n) is 27.3. The van der Waals surface area contributed by atoms with Crippen molar-refractivity contribution in [2.75, 3.05) is 9.80 Å². The third kappa shape index (κ3) is 13.3. The normalized spacial score (nSPS) is 13.7. The molecule has 0 fully saturated rings. The number of nitrogens with zero attached hydrogens (tertiary/aromatic N) is 2. The molecule has 2 aliphatic rings. The van der Waals surface area contributed by atoms with Gasteiger partial charge in [-0.05, 0) is 241 Å².